The lowest BCUT2D eigenvalue weighted by Gasteiger charge is -2.14. The first kappa shape index (κ1) is 21.1. The van der Waals surface area contributed by atoms with Gasteiger partial charge in [0, 0.05) is 9.99 Å². The molecular formula is C18H18FIN2O5S. The number of hydrogen-bond donors (Lipinski definition) is 4. The van der Waals surface area contributed by atoms with Crippen molar-refractivity contribution in [1.82, 2.24) is 5.48 Å². The lowest BCUT2D eigenvalue weighted by molar-refractivity contribution is -0.0295. The van der Waals surface area contributed by atoms with Gasteiger partial charge in [-0.05, 0) is 59.2 Å². The minimum absolute atomic E-state index is 0.0481. The molecule has 0 unspecified atom stereocenters. The standard InChI is InChI=1S/C18H18FIN2O5S/c19-12-6-9(20)4-5-13(12)21-18-15(17(26)22-27-8-10(24)7-23)11-2-1-3-14(25)16(11)28-18/h4-6,10,21,23-24H,1-3,7-8H2,(H,22,26)/t10-/m1/s1. The maximum atomic E-state index is 14.3. The summed E-state index contributed by atoms with van der Waals surface area (Å²) < 4.78 is 15.0. The number of carbonyl (C=O) groups excluding carboxylic acids is 2. The number of thiophene rings is 1. The number of carbonyl (C=O) groups is 2. The van der Waals surface area contributed by atoms with Gasteiger partial charge < -0.3 is 15.5 Å². The van der Waals surface area contributed by atoms with Crippen LogP contribution in [-0.2, 0) is 11.3 Å². The number of hydrogen-bond acceptors (Lipinski definition) is 7. The smallest absolute Gasteiger partial charge is 0.278 e. The summed E-state index contributed by atoms with van der Waals surface area (Å²) >= 11 is 3.11. The number of nitrogens with one attached hydrogen (secondary N) is 2. The Hall–Kier alpha value is -1.60. The molecule has 7 nitrogen and oxygen atoms in total. The third-order valence-electron chi connectivity index (χ3n) is 4.15. The molecule has 4 N–H and O–H groups in total. The number of ketones is 1. The van der Waals surface area contributed by atoms with Gasteiger partial charge in [0.2, 0.25) is 0 Å². The van der Waals surface area contributed by atoms with Crippen molar-refractivity contribution in [3.63, 3.8) is 0 Å². The molecule has 2 aromatic rings. The van der Waals surface area contributed by atoms with Crippen LogP contribution in [-0.4, -0.2) is 41.2 Å². The highest BCUT2D eigenvalue weighted by atomic mass is 127. The van der Waals surface area contributed by atoms with E-state index in [0.29, 0.717) is 34.7 Å². The second kappa shape index (κ2) is 9.27. The van der Waals surface area contributed by atoms with Crippen molar-refractivity contribution in [3.05, 3.63) is 43.6 Å². The largest absolute Gasteiger partial charge is 0.394 e. The van der Waals surface area contributed by atoms with Crippen LogP contribution in [0.1, 0.15) is 38.4 Å². The first-order chi connectivity index (χ1) is 13.4. The molecule has 150 valence electrons. The summed E-state index contributed by atoms with van der Waals surface area (Å²) in [6, 6.07) is 4.65. The summed E-state index contributed by atoms with van der Waals surface area (Å²) in [7, 11) is 0. The van der Waals surface area contributed by atoms with Crippen LogP contribution in [0.4, 0.5) is 15.1 Å². The molecule has 0 aliphatic heterocycles. The number of halogens is 2. The minimum Gasteiger partial charge on any atom is -0.394 e. The Balaban J connectivity index is 1.90. The SMILES string of the molecule is O=C1CCCc2c1sc(Nc1ccc(I)cc1F)c2C(=O)NOC[C@H](O)CO. The van der Waals surface area contributed by atoms with Crippen molar-refractivity contribution < 1.29 is 29.0 Å². The summed E-state index contributed by atoms with van der Waals surface area (Å²) in [5.74, 6) is -1.13. The summed E-state index contributed by atoms with van der Waals surface area (Å²) in [6.45, 7) is -0.793. The monoisotopic (exact) mass is 520 g/mol. The Morgan fingerprint density at radius 2 is 2.18 bits per heavy atom. The van der Waals surface area contributed by atoms with E-state index in [1.165, 1.54) is 6.07 Å². The molecule has 0 spiro atoms. The van der Waals surface area contributed by atoms with Crippen LogP contribution in [0.2, 0.25) is 0 Å². The Morgan fingerprint density at radius 3 is 2.89 bits per heavy atom. The third-order valence-corrected chi connectivity index (χ3v) is 6.01. The van der Waals surface area contributed by atoms with E-state index in [9.17, 15) is 19.1 Å². The Kier molecular flexibility index (Phi) is 6.99. The first-order valence-corrected chi connectivity index (χ1v) is 10.4. The molecule has 0 saturated heterocycles. The van der Waals surface area contributed by atoms with Gasteiger partial charge in [0.15, 0.2) is 5.78 Å². The zero-order valence-corrected chi connectivity index (χ0v) is 17.6. The molecule has 1 aliphatic carbocycles. The lowest BCUT2D eigenvalue weighted by Crippen LogP contribution is -2.30. The molecule has 1 aromatic carbocycles. The molecule has 1 atom stereocenters. The Morgan fingerprint density at radius 1 is 1.39 bits per heavy atom. The molecule has 1 aromatic heterocycles. The molecular weight excluding hydrogens is 502 g/mol. The van der Waals surface area contributed by atoms with Crippen LogP contribution in [0.5, 0.6) is 0 Å². The second-order valence-corrected chi connectivity index (χ2v) is 8.48. The molecule has 1 aliphatic rings. The average molecular weight is 520 g/mol. The van der Waals surface area contributed by atoms with Gasteiger partial charge in [0.05, 0.1) is 22.7 Å². The van der Waals surface area contributed by atoms with Crippen LogP contribution < -0.4 is 10.8 Å². The molecule has 0 fully saturated rings. The zero-order chi connectivity index (χ0) is 20.3. The fourth-order valence-electron chi connectivity index (χ4n) is 2.82. The van der Waals surface area contributed by atoms with E-state index in [1.807, 2.05) is 22.6 Å². The molecule has 0 saturated carbocycles. The number of aliphatic hydroxyl groups excluding tert-OH is 2. The molecule has 0 bridgehead atoms. The van der Waals surface area contributed by atoms with Crippen molar-refractivity contribution in [3.8, 4) is 0 Å². The highest BCUT2D eigenvalue weighted by Crippen LogP contribution is 2.40. The van der Waals surface area contributed by atoms with E-state index in [0.717, 1.165) is 14.9 Å². The van der Waals surface area contributed by atoms with Gasteiger partial charge in [-0.1, -0.05) is 0 Å². The number of benzene rings is 1. The van der Waals surface area contributed by atoms with Gasteiger partial charge in [-0.2, -0.15) is 0 Å². The van der Waals surface area contributed by atoms with Crippen molar-refractivity contribution in [2.45, 2.75) is 25.4 Å². The fourth-order valence-corrected chi connectivity index (χ4v) is 4.50. The number of anilines is 2. The Bertz CT molecular complexity index is 904. The van der Waals surface area contributed by atoms with Gasteiger partial charge in [-0.25, -0.2) is 9.87 Å². The topological polar surface area (TPSA) is 108 Å². The minimum atomic E-state index is -1.13. The van der Waals surface area contributed by atoms with Gasteiger partial charge in [-0.3, -0.25) is 14.4 Å². The molecule has 28 heavy (non-hydrogen) atoms. The maximum absolute atomic E-state index is 14.3. The molecule has 1 heterocycles. The van der Waals surface area contributed by atoms with Crippen LogP contribution in [0.25, 0.3) is 0 Å². The second-order valence-electron chi connectivity index (χ2n) is 6.22. The highest BCUT2D eigenvalue weighted by Gasteiger charge is 2.30. The average Bonchev–Trinajstić information content (AvgIpc) is 3.03. The lowest BCUT2D eigenvalue weighted by atomic mass is 9.94. The number of Topliss-reactive ketones (excluding diaryl/α,β-unsaturated/α-hetero) is 1. The van der Waals surface area contributed by atoms with Crippen LogP contribution in [0.15, 0.2) is 18.2 Å². The van der Waals surface area contributed by atoms with E-state index in [-0.39, 0.29) is 23.6 Å². The van der Waals surface area contributed by atoms with Gasteiger partial charge in [0.25, 0.3) is 5.91 Å². The predicted octanol–water partition coefficient (Wildman–Crippen LogP) is 2.77. The first-order valence-electron chi connectivity index (χ1n) is 8.52. The van der Waals surface area contributed by atoms with Crippen LogP contribution in [0, 0.1) is 9.39 Å². The highest BCUT2D eigenvalue weighted by molar-refractivity contribution is 14.1. The number of hydroxylamine groups is 1. The van der Waals surface area contributed by atoms with E-state index >= 15 is 0 Å². The van der Waals surface area contributed by atoms with Gasteiger partial charge in [0.1, 0.15) is 23.5 Å². The molecule has 0 radical (unpaired) electrons. The summed E-state index contributed by atoms with van der Waals surface area (Å²) in [4.78, 5) is 30.4. The van der Waals surface area contributed by atoms with Gasteiger partial charge >= 0.3 is 0 Å². The van der Waals surface area contributed by atoms with E-state index < -0.39 is 24.4 Å². The maximum Gasteiger partial charge on any atom is 0.278 e. The number of fused-ring (bicyclic) bond motifs is 1. The van der Waals surface area contributed by atoms with Crippen molar-refractivity contribution in [2.24, 2.45) is 0 Å². The fraction of sp³-hybridized carbons (Fsp3) is 0.333. The van der Waals surface area contributed by atoms with E-state index in [1.54, 1.807) is 12.1 Å². The summed E-state index contributed by atoms with van der Waals surface area (Å²) in [5.41, 5.74) is 3.24. The van der Waals surface area contributed by atoms with Crippen LogP contribution in [0.3, 0.4) is 0 Å². The summed E-state index contributed by atoms with van der Waals surface area (Å²) in [6.07, 6.45) is 0.461. The van der Waals surface area contributed by atoms with Gasteiger partial charge in [-0.15, -0.1) is 11.3 Å². The molecule has 10 heteroatoms. The Labute approximate surface area is 178 Å². The van der Waals surface area contributed by atoms with E-state index in [4.69, 9.17) is 9.94 Å². The zero-order valence-electron chi connectivity index (χ0n) is 14.6. The molecule has 1 amide bonds. The van der Waals surface area contributed by atoms with E-state index in [2.05, 4.69) is 10.8 Å². The van der Waals surface area contributed by atoms with Crippen molar-refractivity contribution in [1.29, 1.82) is 0 Å². The number of aliphatic hydroxyl groups is 2. The molecule has 3 rings (SSSR count). The van der Waals surface area contributed by atoms with Crippen molar-refractivity contribution in [2.75, 3.05) is 18.5 Å². The summed E-state index contributed by atoms with van der Waals surface area (Å²) in [5, 5.41) is 21.4. The third kappa shape index (κ3) is 4.69. The number of amides is 1. The number of rotatable bonds is 7. The van der Waals surface area contributed by atoms with Crippen LogP contribution >= 0.6 is 33.9 Å². The van der Waals surface area contributed by atoms with Crippen molar-refractivity contribution >= 4 is 56.3 Å². The normalized spacial score (nSPS) is 14.5. The quantitative estimate of drug-likeness (QED) is 0.331. The predicted molar refractivity (Wildman–Crippen MR) is 110 cm³/mol.